The van der Waals surface area contributed by atoms with Gasteiger partial charge in [0.15, 0.2) is 0 Å². The maximum Gasteiger partial charge on any atom is 0.124 e. The number of hydrogen-bond donors (Lipinski definition) is 3. The topological polar surface area (TPSA) is 93.7 Å². The van der Waals surface area contributed by atoms with Crippen LogP contribution < -0.4 is 4.74 Å². The van der Waals surface area contributed by atoms with Gasteiger partial charge < -0.3 is 20.1 Å². The van der Waals surface area contributed by atoms with E-state index in [0.717, 1.165) is 43.4 Å². The minimum atomic E-state index is -0.651. The van der Waals surface area contributed by atoms with Gasteiger partial charge in [0.05, 0.1) is 31.5 Å². The molecule has 5 heteroatoms. The summed E-state index contributed by atoms with van der Waals surface area (Å²) in [5.41, 5.74) is 1.24. The van der Waals surface area contributed by atoms with Gasteiger partial charge in [-0.2, -0.15) is 5.26 Å². The Morgan fingerprint density at radius 2 is 1.72 bits per heavy atom. The van der Waals surface area contributed by atoms with Crippen molar-refractivity contribution in [1.82, 2.24) is 0 Å². The number of nitriles is 1. The molecule has 12 atom stereocenters. The third kappa shape index (κ3) is 4.93. The first-order valence-electron chi connectivity index (χ1n) is 15.7. The second-order valence-corrected chi connectivity index (χ2v) is 14.3. The molecular weight excluding hydrogens is 486 g/mol. The van der Waals surface area contributed by atoms with Gasteiger partial charge in [-0.25, -0.2) is 0 Å². The molecule has 1 aromatic carbocycles. The van der Waals surface area contributed by atoms with Crippen LogP contribution in [0.25, 0.3) is 0 Å². The van der Waals surface area contributed by atoms with Gasteiger partial charge in [-0.05, 0) is 110 Å². The first-order chi connectivity index (χ1) is 18.7. The molecule has 39 heavy (non-hydrogen) atoms. The van der Waals surface area contributed by atoms with E-state index in [1.165, 1.54) is 25.7 Å². The van der Waals surface area contributed by atoms with Gasteiger partial charge in [-0.3, -0.25) is 0 Å². The monoisotopic (exact) mass is 537 g/mol. The van der Waals surface area contributed by atoms with Crippen LogP contribution in [-0.4, -0.2) is 34.6 Å². The molecule has 3 N–H and O–H groups in total. The summed E-state index contributed by atoms with van der Waals surface area (Å²) in [6.45, 7) is 7.39. The van der Waals surface area contributed by atoms with Crippen LogP contribution in [0.3, 0.4) is 0 Å². The van der Waals surface area contributed by atoms with Crippen molar-refractivity contribution >= 4 is 0 Å². The number of ether oxygens (including phenoxy) is 1. The summed E-state index contributed by atoms with van der Waals surface area (Å²) in [4.78, 5) is 0. The number of aliphatic hydroxyl groups is 3. The molecule has 4 fully saturated rings. The first-order valence-corrected chi connectivity index (χ1v) is 15.7. The van der Waals surface area contributed by atoms with E-state index in [-0.39, 0.29) is 11.3 Å². The van der Waals surface area contributed by atoms with E-state index in [9.17, 15) is 20.6 Å². The fourth-order valence-electron chi connectivity index (χ4n) is 10.7. The number of rotatable bonds is 8. The Kier molecular flexibility index (Phi) is 8.41. The maximum atomic E-state index is 11.0. The second kappa shape index (κ2) is 11.3. The van der Waals surface area contributed by atoms with Gasteiger partial charge in [0.2, 0.25) is 0 Å². The maximum absolute atomic E-state index is 11.0. The van der Waals surface area contributed by atoms with Crippen LogP contribution in [-0.2, 0) is 0 Å². The molecular formula is C34H51NO4. The smallest absolute Gasteiger partial charge is 0.124 e. The molecule has 0 spiro atoms. The van der Waals surface area contributed by atoms with Gasteiger partial charge in [-0.1, -0.05) is 51.8 Å². The lowest BCUT2D eigenvalue weighted by molar-refractivity contribution is -0.191. The fraction of sp³-hybridized carbons (Fsp3) is 0.794. The minimum Gasteiger partial charge on any atom is -0.496 e. The normalized spacial score (nSPS) is 42.9. The van der Waals surface area contributed by atoms with Crippen molar-refractivity contribution in [2.75, 3.05) is 7.11 Å². The van der Waals surface area contributed by atoms with Gasteiger partial charge >= 0.3 is 0 Å². The number of benzene rings is 1. The summed E-state index contributed by atoms with van der Waals surface area (Å²) in [6, 6.07) is 10.3. The van der Waals surface area contributed by atoms with Crippen molar-refractivity contribution in [2.24, 2.45) is 52.3 Å². The fourth-order valence-corrected chi connectivity index (χ4v) is 10.7. The molecule has 0 heterocycles. The van der Waals surface area contributed by atoms with Crippen molar-refractivity contribution in [1.29, 1.82) is 5.26 Å². The SMILES string of the molecule is COc1ccccc1C(O)CCC[C@@H](C)[C@H]1CC[C@H]2[C@@H]3C(CC#N)CC4[C@@H](O)[C@@H](O)CC[C@]4(C)[C@H]3CC[C@]12C. The third-order valence-electron chi connectivity index (χ3n) is 12.7. The molecule has 4 aliphatic rings. The molecule has 5 rings (SSSR count). The molecule has 0 amide bonds. The first kappa shape index (κ1) is 28.9. The number of hydrogen-bond acceptors (Lipinski definition) is 5. The van der Waals surface area contributed by atoms with Crippen LogP contribution >= 0.6 is 0 Å². The van der Waals surface area contributed by atoms with Crippen molar-refractivity contribution in [2.45, 2.75) is 110 Å². The highest BCUT2D eigenvalue weighted by atomic mass is 16.5. The summed E-state index contributed by atoms with van der Waals surface area (Å²) in [5.74, 6) is 4.22. The Morgan fingerprint density at radius 1 is 1.00 bits per heavy atom. The Morgan fingerprint density at radius 3 is 2.46 bits per heavy atom. The molecule has 0 saturated heterocycles. The lowest BCUT2D eigenvalue weighted by Gasteiger charge is -2.64. The molecule has 0 bridgehead atoms. The summed E-state index contributed by atoms with van der Waals surface area (Å²) >= 11 is 0. The van der Waals surface area contributed by atoms with Crippen LogP contribution in [0.15, 0.2) is 24.3 Å². The van der Waals surface area contributed by atoms with E-state index in [1.54, 1.807) is 7.11 Å². The average Bonchev–Trinajstić information content (AvgIpc) is 3.29. The zero-order valence-corrected chi connectivity index (χ0v) is 24.6. The number of aliphatic hydroxyl groups excluding tert-OH is 3. The highest BCUT2D eigenvalue weighted by Crippen LogP contribution is 2.69. The number of fused-ring (bicyclic) bond motifs is 5. The van der Waals surface area contributed by atoms with Crippen molar-refractivity contribution in [3.05, 3.63) is 29.8 Å². The standard InChI is InChI=1S/C34H51NO4/c1-21(8-7-10-28(36)23-9-5-6-11-30(23)39-4)24-12-13-25-31-22(16-19-35)20-27-32(38)29(37)15-18-34(27,3)26(31)14-17-33(24,25)2/h5-6,9,11,21-22,24-29,31-32,36-38H,7-8,10,12-18,20H2,1-4H3/t21-,22?,24-,25+,26+,27?,28?,29+,31+,32-,33-,34-/m1/s1. The van der Waals surface area contributed by atoms with E-state index in [2.05, 4.69) is 26.8 Å². The largest absolute Gasteiger partial charge is 0.496 e. The van der Waals surface area contributed by atoms with Gasteiger partial charge in [-0.15, -0.1) is 0 Å². The quantitative estimate of drug-likeness (QED) is 0.344. The molecule has 0 aliphatic heterocycles. The van der Waals surface area contributed by atoms with Crippen LogP contribution in [0.2, 0.25) is 0 Å². The Bertz CT molecular complexity index is 1040. The third-order valence-corrected chi connectivity index (χ3v) is 12.7. The van der Waals surface area contributed by atoms with E-state index < -0.39 is 18.3 Å². The number of nitrogens with zero attached hydrogens (tertiary/aromatic N) is 1. The predicted molar refractivity (Wildman–Crippen MR) is 153 cm³/mol. The van der Waals surface area contributed by atoms with Crippen molar-refractivity contribution in [3.8, 4) is 11.8 Å². The predicted octanol–water partition coefficient (Wildman–Crippen LogP) is 6.67. The van der Waals surface area contributed by atoms with Crippen LogP contribution in [0.1, 0.15) is 103 Å². The molecule has 4 saturated carbocycles. The average molecular weight is 538 g/mol. The van der Waals surface area contributed by atoms with E-state index in [4.69, 9.17) is 4.74 Å². The van der Waals surface area contributed by atoms with E-state index in [1.807, 2.05) is 24.3 Å². The zero-order valence-electron chi connectivity index (χ0n) is 24.6. The Balaban J connectivity index is 1.28. The van der Waals surface area contributed by atoms with Crippen molar-refractivity contribution < 1.29 is 20.1 Å². The lowest BCUT2D eigenvalue weighted by atomic mass is 9.41. The van der Waals surface area contributed by atoms with Crippen LogP contribution in [0.5, 0.6) is 5.75 Å². The van der Waals surface area contributed by atoms with E-state index in [0.29, 0.717) is 53.8 Å². The highest BCUT2D eigenvalue weighted by molar-refractivity contribution is 5.34. The molecule has 216 valence electrons. The van der Waals surface area contributed by atoms with Gasteiger partial charge in [0, 0.05) is 12.0 Å². The molecule has 3 unspecified atom stereocenters. The molecule has 0 aromatic heterocycles. The van der Waals surface area contributed by atoms with E-state index >= 15 is 0 Å². The molecule has 5 nitrogen and oxygen atoms in total. The number of methoxy groups -OCH3 is 1. The minimum absolute atomic E-state index is 0.0644. The lowest BCUT2D eigenvalue weighted by Crippen LogP contribution is -2.60. The van der Waals surface area contributed by atoms with Gasteiger partial charge in [0.1, 0.15) is 5.75 Å². The highest BCUT2D eigenvalue weighted by Gasteiger charge is 2.64. The summed E-state index contributed by atoms with van der Waals surface area (Å²) in [6.07, 6.45) is 9.20. The summed E-state index contributed by atoms with van der Waals surface area (Å²) in [7, 11) is 1.66. The molecule has 1 aromatic rings. The Labute approximate surface area is 236 Å². The van der Waals surface area contributed by atoms with Crippen LogP contribution in [0, 0.1) is 63.6 Å². The Hall–Kier alpha value is -1.61. The molecule has 4 aliphatic carbocycles. The van der Waals surface area contributed by atoms with Crippen molar-refractivity contribution in [3.63, 3.8) is 0 Å². The number of para-hydroxylation sites is 1. The second-order valence-electron chi connectivity index (χ2n) is 14.3. The molecule has 0 radical (unpaired) electrons. The zero-order chi connectivity index (χ0) is 27.9. The van der Waals surface area contributed by atoms with Gasteiger partial charge in [0.25, 0.3) is 0 Å². The van der Waals surface area contributed by atoms with Crippen LogP contribution in [0.4, 0.5) is 0 Å². The summed E-state index contributed by atoms with van der Waals surface area (Å²) in [5, 5.41) is 42.2. The summed E-state index contributed by atoms with van der Waals surface area (Å²) < 4.78 is 5.46.